The van der Waals surface area contributed by atoms with Gasteiger partial charge in [-0.15, -0.1) is 11.3 Å². The van der Waals surface area contributed by atoms with Crippen molar-refractivity contribution >= 4 is 38.5 Å². The second-order valence-corrected chi connectivity index (χ2v) is 8.87. The topological polar surface area (TPSA) is 75.3 Å². The zero-order chi connectivity index (χ0) is 19.3. The van der Waals surface area contributed by atoms with Gasteiger partial charge in [0.2, 0.25) is 10.0 Å². The molecule has 1 aromatic heterocycles. The van der Waals surface area contributed by atoms with Gasteiger partial charge in [-0.25, -0.2) is 8.42 Å². The molecule has 0 spiro atoms. The van der Waals surface area contributed by atoms with Gasteiger partial charge >= 0.3 is 0 Å². The van der Waals surface area contributed by atoms with Gasteiger partial charge in [-0.3, -0.25) is 9.52 Å². The van der Waals surface area contributed by atoms with Crippen LogP contribution in [0.5, 0.6) is 0 Å². The Morgan fingerprint density at radius 1 is 0.963 bits per heavy atom. The summed E-state index contributed by atoms with van der Waals surface area (Å²) in [4.78, 5) is 13.2. The summed E-state index contributed by atoms with van der Waals surface area (Å²) in [6.07, 6.45) is 1.32. The monoisotopic (exact) mass is 400 g/mol. The van der Waals surface area contributed by atoms with Crippen LogP contribution < -0.4 is 10.0 Å². The molecule has 0 bridgehead atoms. The molecule has 0 aliphatic rings. The summed E-state index contributed by atoms with van der Waals surface area (Å²) in [6.45, 7) is 0.699. The molecule has 0 amide bonds. The third-order valence-electron chi connectivity index (χ3n) is 3.81. The number of thiophene rings is 1. The smallest absolute Gasteiger partial charge is 0.229 e. The number of carbonyl (C=O) groups excluding carboxylic acids is 1. The highest BCUT2D eigenvalue weighted by Crippen LogP contribution is 2.22. The van der Waals surface area contributed by atoms with Crippen molar-refractivity contribution in [1.82, 2.24) is 0 Å². The van der Waals surface area contributed by atoms with Crippen LogP contribution in [-0.2, 0) is 23.0 Å². The van der Waals surface area contributed by atoms with Gasteiger partial charge in [0, 0.05) is 29.7 Å². The van der Waals surface area contributed by atoms with Crippen molar-refractivity contribution < 1.29 is 13.2 Å². The van der Waals surface area contributed by atoms with E-state index in [1.54, 1.807) is 18.2 Å². The van der Waals surface area contributed by atoms with Crippen molar-refractivity contribution in [2.24, 2.45) is 0 Å². The lowest BCUT2D eigenvalue weighted by atomic mass is 10.1. The van der Waals surface area contributed by atoms with E-state index >= 15 is 0 Å². The third kappa shape index (κ3) is 5.94. The average molecular weight is 401 g/mol. The second kappa shape index (κ2) is 8.37. The largest absolute Gasteiger partial charge is 0.380 e. The number of hydrogen-bond acceptors (Lipinski definition) is 5. The minimum absolute atomic E-state index is 0.00395. The molecule has 0 unspecified atom stereocenters. The lowest BCUT2D eigenvalue weighted by Gasteiger charge is -2.06. The van der Waals surface area contributed by atoms with E-state index in [-0.39, 0.29) is 12.2 Å². The first-order valence-corrected chi connectivity index (χ1v) is 11.1. The molecular weight excluding hydrogens is 380 g/mol. The Morgan fingerprint density at radius 3 is 2.44 bits per heavy atom. The predicted molar refractivity (Wildman–Crippen MR) is 111 cm³/mol. The molecule has 0 saturated heterocycles. The highest BCUT2D eigenvalue weighted by Gasteiger charge is 2.11. The molecule has 0 saturated carbocycles. The molecule has 0 aliphatic heterocycles. The van der Waals surface area contributed by atoms with Crippen LogP contribution in [0.4, 0.5) is 11.4 Å². The first-order valence-electron chi connectivity index (χ1n) is 8.35. The summed E-state index contributed by atoms with van der Waals surface area (Å²) in [5.74, 6) is 0.00395. The maximum atomic E-state index is 12.5. The fourth-order valence-electron chi connectivity index (χ4n) is 2.61. The van der Waals surface area contributed by atoms with Crippen LogP contribution in [0.25, 0.3) is 0 Å². The molecule has 2 N–H and O–H groups in total. The standard InChI is InChI=1S/C20H20N2O3S2/c1-27(24,25)22-17-9-5-8-16(10-17)11-19(23)20-12-18(14-26-20)21-13-15-6-3-2-4-7-15/h2-10,12,14,21-22H,11,13H2,1H3. The molecule has 0 atom stereocenters. The van der Waals surface area contributed by atoms with Crippen LogP contribution in [0.1, 0.15) is 20.8 Å². The van der Waals surface area contributed by atoms with Gasteiger partial charge < -0.3 is 5.32 Å². The first kappa shape index (κ1) is 19.1. The van der Waals surface area contributed by atoms with E-state index in [0.717, 1.165) is 17.5 Å². The normalized spacial score (nSPS) is 11.1. The van der Waals surface area contributed by atoms with E-state index in [1.165, 1.54) is 16.9 Å². The molecule has 0 aliphatic carbocycles. The van der Waals surface area contributed by atoms with Crippen molar-refractivity contribution in [2.75, 3.05) is 16.3 Å². The molecular formula is C20H20N2O3S2. The van der Waals surface area contributed by atoms with Gasteiger partial charge in [0.15, 0.2) is 5.78 Å². The van der Waals surface area contributed by atoms with Crippen LogP contribution in [0, 0.1) is 0 Å². The number of hydrogen-bond donors (Lipinski definition) is 2. The quantitative estimate of drug-likeness (QED) is 0.557. The minimum Gasteiger partial charge on any atom is -0.380 e. The van der Waals surface area contributed by atoms with E-state index in [4.69, 9.17) is 0 Å². The molecule has 3 aromatic rings. The lowest BCUT2D eigenvalue weighted by molar-refractivity contribution is 0.0997. The number of Topliss-reactive ketones (excluding diaryl/α,β-unsaturated/α-hetero) is 1. The van der Waals surface area contributed by atoms with Gasteiger partial charge in [-0.05, 0) is 29.3 Å². The maximum Gasteiger partial charge on any atom is 0.229 e. The van der Waals surface area contributed by atoms with Crippen LogP contribution in [0.2, 0.25) is 0 Å². The molecule has 3 rings (SSSR count). The zero-order valence-electron chi connectivity index (χ0n) is 14.8. The van der Waals surface area contributed by atoms with E-state index in [1.807, 2.05) is 47.8 Å². The number of anilines is 2. The van der Waals surface area contributed by atoms with Crippen LogP contribution in [-0.4, -0.2) is 20.5 Å². The lowest BCUT2D eigenvalue weighted by Crippen LogP contribution is -2.10. The summed E-state index contributed by atoms with van der Waals surface area (Å²) in [5, 5.41) is 5.24. The van der Waals surface area contributed by atoms with Gasteiger partial charge in [0.1, 0.15) is 0 Å². The number of ketones is 1. The molecule has 7 heteroatoms. The molecule has 27 heavy (non-hydrogen) atoms. The van der Waals surface area contributed by atoms with E-state index in [9.17, 15) is 13.2 Å². The van der Waals surface area contributed by atoms with Crippen molar-refractivity contribution in [1.29, 1.82) is 0 Å². The minimum atomic E-state index is -3.34. The van der Waals surface area contributed by atoms with Crippen LogP contribution in [0.15, 0.2) is 66.0 Å². The summed E-state index contributed by atoms with van der Waals surface area (Å²) in [6, 6.07) is 18.8. The molecule has 0 radical (unpaired) electrons. The van der Waals surface area contributed by atoms with Crippen molar-refractivity contribution in [3.05, 3.63) is 82.0 Å². The second-order valence-electron chi connectivity index (χ2n) is 6.21. The van der Waals surface area contributed by atoms with E-state index in [0.29, 0.717) is 17.1 Å². The fourth-order valence-corrected chi connectivity index (χ4v) is 3.97. The molecule has 140 valence electrons. The molecule has 0 fully saturated rings. The third-order valence-corrected chi connectivity index (χ3v) is 5.39. The summed E-state index contributed by atoms with van der Waals surface area (Å²) >= 11 is 1.40. The SMILES string of the molecule is CS(=O)(=O)Nc1cccc(CC(=O)c2cc(NCc3ccccc3)cs2)c1. The molecule has 1 heterocycles. The number of carbonyl (C=O) groups is 1. The van der Waals surface area contributed by atoms with Crippen LogP contribution >= 0.6 is 11.3 Å². The van der Waals surface area contributed by atoms with Gasteiger partial charge in [0.25, 0.3) is 0 Å². The van der Waals surface area contributed by atoms with Crippen LogP contribution in [0.3, 0.4) is 0 Å². The number of nitrogens with one attached hydrogen (secondary N) is 2. The highest BCUT2D eigenvalue weighted by molar-refractivity contribution is 7.92. The van der Waals surface area contributed by atoms with Gasteiger partial charge in [0.05, 0.1) is 11.1 Å². The van der Waals surface area contributed by atoms with E-state index in [2.05, 4.69) is 10.0 Å². The van der Waals surface area contributed by atoms with Crippen molar-refractivity contribution in [3.63, 3.8) is 0 Å². The molecule has 5 nitrogen and oxygen atoms in total. The average Bonchev–Trinajstić information content (AvgIpc) is 3.09. The highest BCUT2D eigenvalue weighted by atomic mass is 32.2. The van der Waals surface area contributed by atoms with Gasteiger partial charge in [-0.2, -0.15) is 0 Å². The maximum absolute atomic E-state index is 12.5. The van der Waals surface area contributed by atoms with Crippen molar-refractivity contribution in [3.8, 4) is 0 Å². The number of benzene rings is 2. The Bertz CT molecular complexity index is 1030. The predicted octanol–water partition coefficient (Wildman–Crippen LogP) is 4.16. The Hall–Kier alpha value is -2.64. The Balaban J connectivity index is 1.62. The summed E-state index contributed by atoms with van der Waals surface area (Å²) < 4.78 is 25.1. The van der Waals surface area contributed by atoms with Gasteiger partial charge in [-0.1, -0.05) is 42.5 Å². The van der Waals surface area contributed by atoms with Crippen molar-refractivity contribution in [2.45, 2.75) is 13.0 Å². The fraction of sp³-hybridized carbons (Fsp3) is 0.150. The Morgan fingerprint density at radius 2 is 1.70 bits per heavy atom. The van der Waals surface area contributed by atoms with E-state index < -0.39 is 10.0 Å². The first-order chi connectivity index (χ1) is 12.9. The number of sulfonamides is 1. The Kier molecular flexibility index (Phi) is 5.93. The molecule has 2 aromatic carbocycles. The summed E-state index contributed by atoms with van der Waals surface area (Å²) in [5.41, 5.74) is 3.31. The zero-order valence-corrected chi connectivity index (χ0v) is 16.4. The Labute approximate surface area is 163 Å². The summed E-state index contributed by atoms with van der Waals surface area (Å²) in [7, 11) is -3.34. The number of rotatable bonds is 8.